The maximum atomic E-state index is 12.2. The summed E-state index contributed by atoms with van der Waals surface area (Å²) in [5.41, 5.74) is 1.99. The number of amides is 1. The fraction of sp³-hybridized carbons (Fsp3) is 0.190. The number of carbonyl (C=O) groups is 1. The Morgan fingerprint density at radius 1 is 1.08 bits per heavy atom. The highest BCUT2D eigenvalue weighted by molar-refractivity contribution is 5.91. The van der Waals surface area contributed by atoms with E-state index in [1.807, 2.05) is 61.5 Å². The van der Waals surface area contributed by atoms with Crippen LogP contribution in [0.3, 0.4) is 0 Å². The topological polar surface area (TPSA) is 56.8 Å². The Morgan fingerprint density at radius 3 is 2.85 bits per heavy atom. The molecule has 5 heteroatoms. The van der Waals surface area contributed by atoms with Crippen molar-refractivity contribution in [3.63, 3.8) is 0 Å². The van der Waals surface area contributed by atoms with Crippen molar-refractivity contribution < 1.29 is 19.0 Å². The first-order valence-corrected chi connectivity index (χ1v) is 8.53. The molecule has 0 saturated heterocycles. The van der Waals surface area contributed by atoms with Gasteiger partial charge in [0.2, 0.25) is 6.79 Å². The van der Waals surface area contributed by atoms with Gasteiger partial charge < -0.3 is 19.5 Å². The lowest BCUT2D eigenvalue weighted by molar-refractivity contribution is 0.174. The van der Waals surface area contributed by atoms with Crippen LogP contribution in [0, 0.1) is 6.92 Å². The number of ether oxygens (including phenoxy) is 3. The molecule has 1 heterocycles. The molecular formula is C21H19NO4. The summed E-state index contributed by atoms with van der Waals surface area (Å²) in [6.07, 6.45) is 0.227. The van der Waals surface area contributed by atoms with Crippen LogP contribution in [0.2, 0.25) is 0 Å². The predicted octanol–water partition coefficient (Wildman–Crippen LogP) is 4.21. The second-order valence-corrected chi connectivity index (χ2v) is 6.19. The molecule has 0 saturated carbocycles. The van der Waals surface area contributed by atoms with Gasteiger partial charge in [0.25, 0.3) is 0 Å². The van der Waals surface area contributed by atoms with Crippen molar-refractivity contribution in [2.24, 2.45) is 0 Å². The molecule has 3 aromatic carbocycles. The molecule has 26 heavy (non-hydrogen) atoms. The molecule has 1 aliphatic rings. The first-order chi connectivity index (χ1) is 12.7. The van der Waals surface area contributed by atoms with Crippen LogP contribution in [-0.2, 0) is 6.42 Å². The summed E-state index contributed by atoms with van der Waals surface area (Å²) in [7, 11) is 0. The van der Waals surface area contributed by atoms with E-state index in [1.54, 1.807) is 0 Å². The molecule has 1 amide bonds. The molecule has 0 aromatic heterocycles. The smallest absolute Gasteiger partial charge is 0.412 e. The van der Waals surface area contributed by atoms with E-state index in [2.05, 4.69) is 5.32 Å². The Hall–Kier alpha value is -3.21. The molecule has 0 bridgehead atoms. The maximum Gasteiger partial charge on any atom is 0.412 e. The second kappa shape index (κ2) is 6.96. The zero-order valence-electron chi connectivity index (χ0n) is 14.5. The summed E-state index contributed by atoms with van der Waals surface area (Å²) in [5.74, 6) is 2.10. The van der Waals surface area contributed by atoms with Crippen molar-refractivity contribution in [3.05, 3.63) is 65.7 Å². The van der Waals surface area contributed by atoms with Crippen LogP contribution >= 0.6 is 0 Å². The predicted molar refractivity (Wildman–Crippen MR) is 99.0 cm³/mol. The van der Waals surface area contributed by atoms with Gasteiger partial charge in [0.1, 0.15) is 5.75 Å². The van der Waals surface area contributed by atoms with E-state index >= 15 is 0 Å². The lowest BCUT2D eigenvalue weighted by Crippen LogP contribution is -2.29. The van der Waals surface area contributed by atoms with Crippen molar-refractivity contribution in [1.29, 1.82) is 0 Å². The first kappa shape index (κ1) is 16.3. The van der Waals surface area contributed by atoms with Gasteiger partial charge in [0, 0.05) is 11.9 Å². The number of carbonyl (C=O) groups excluding carboxylic acids is 1. The van der Waals surface area contributed by atoms with Crippen LogP contribution in [0.25, 0.3) is 10.8 Å². The molecule has 0 aliphatic carbocycles. The summed E-state index contributed by atoms with van der Waals surface area (Å²) in [6, 6.07) is 17.6. The minimum absolute atomic E-state index is 0.258. The van der Waals surface area contributed by atoms with Gasteiger partial charge in [-0.3, -0.25) is 0 Å². The maximum absolute atomic E-state index is 12.2. The summed E-state index contributed by atoms with van der Waals surface area (Å²) >= 11 is 0. The third-order valence-electron chi connectivity index (χ3n) is 4.39. The summed E-state index contributed by atoms with van der Waals surface area (Å²) in [4.78, 5) is 12.2. The Labute approximate surface area is 151 Å². The quantitative estimate of drug-likeness (QED) is 0.767. The fourth-order valence-corrected chi connectivity index (χ4v) is 3.02. The number of rotatable bonds is 4. The number of fused-ring (bicyclic) bond motifs is 2. The van der Waals surface area contributed by atoms with Gasteiger partial charge in [0.15, 0.2) is 11.5 Å². The first-order valence-electron chi connectivity index (χ1n) is 8.53. The fourth-order valence-electron chi connectivity index (χ4n) is 3.02. The Morgan fingerprint density at radius 2 is 1.92 bits per heavy atom. The number of hydrogen-bond donors (Lipinski definition) is 1. The minimum Gasteiger partial charge on any atom is -0.454 e. The van der Waals surface area contributed by atoms with E-state index in [-0.39, 0.29) is 6.79 Å². The molecule has 132 valence electrons. The van der Waals surface area contributed by atoms with E-state index in [1.165, 1.54) is 0 Å². The summed E-state index contributed by atoms with van der Waals surface area (Å²) in [5, 5.41) is 4.78. The monoisotopic (exact) mass is 349 g/mol. The molecule has 0 radical (unpaired) electrons. The molecule has 0 spiro atoms. The van der Waals surface area contributed by atoms with Crippen molar-refractivity contribution in [3.8, 4) is 17.2 Å². The highest BCUT2D eigenvalue weighted by Crippen LogP contribution is 2.32. The van der Waals surface area contributed by atoms with Gasteiger partial charge in [-0.1, -0.05) is 42.5 Å². The van der Waals surface area contributed by atoms with E-state index in [4.69, 9.17) is 14.2 Å². The number of aryl methyl sites for hydroxylation is 1. The molecule has 0 atom stereocenters. The van der Waals surface area contributed by atoms with Crippen LogP contribution in [0.4, 0.5) is 4.79 Å². The van der Waals surface area contributed by atoms with E-state index < -0.39 is 6.09 Å². The van der Waals surface area contributed by atoms with E-state index in [0.29, 0.717) is 18.7 Å². The van der Waals surface area contributed by atoms with Crippen molar-refractivity contribution in [2.75, 3.05) is 13.3 Å². The van der Waals surface area contributed by atoms with Gasteiger partial charge >= 0.3 is 6.09 Å². The summed E-state index contributed by atoms with van der Waals surface area (Å²) in [6.45, 7) is 2.66. The normalized spacial score (nSPS) is 12.2. The van der Waals surface area contributed by atoms with Crippen LogP contribution in [0.15, 0.2) is 54.6 Å². The molecule has 1 aliphatic heterocycles. The molecule has 1 N–H and O–H groups in total. The zero-order valence-corrected chi connectivity index (χ0v) is 14.5. The number of hydrogen-bond acceptors (Lipinski definition) is 4. The van der Waals surface area contributed by atoms with E-state index in [0.717, 1.165) is 33.4 Å². The average molecular weight is 349 g/mol. The Balaban J connectivity index is 1.38. The van der Waals surface area contributed by atoms with Crippen LogP contribution < -0.4 is 19.5 Å². The number of nitrogens with one attached hydrogen (secondary N) is 1. The molecule has 3 aromatic rings. The molecule has 0 fully saturated rings. The van der Waals surface area contributed by atoms with Gasteiger partial charge in [-0.2, -0.15) is 0 Å². The van der Waals surface area contributed by atoms with Gasteiger partial charge in [0.05, 0.1) is 0 Å². The van der Waals surface area contributed by atoms with Gasteiger partial charge in [-0.25, -0.2) is 4.79 Å². The second-order valence-electron chi connectivity index (χ2n) is 6.19. The SMILES string of the molecule is Cc1ccc2ccccc2c1OC(=O)NCCc1ccc2c(c1)OCO2. The molecule has 5 nitrogen and oxygen atoms in total. The largest absolute Gasteiger partial charge is 0.454 e. The summed E-state index contributed by atoms with van der Waals surface area (Å²) < 4.78 is 16.2. The minimum atomic E-state index is -0.454. The Kier molecular flexibility index (Phi) is 4.35. The van der Waals surface area contributed by atoms with Crippen LogP contribution in [0.1, 0.15) is 11.1 Å². The van der Waals surface area contributed by atoms with Crippen molar-refractivity contribution >= 4 is 16.9 Å². The molecule has 4 rings (SSSR count). The van der Waals surface area contributed by atoms with E-state index in [9.17, 15) is 4.79 Å². The molecular weight excluding hydrogens is 330 g/mol. The number of benzene rings is 3. The molecule has 0 unspecified atom stereocenters. The third-order valence-corrected chi connectivity index (χ3v) is 4.39. The average Bonchev–Trinajstić information content (AvgIpc) is 3.12. The van der Waals surface area contributed by atoms with Crippen molar-refractivity contribution in [1.82, 2.24) is 5.32 Å². The third kappa shape index (κ3) is 3.28. The standard InChI is InChI=1S/C21H19NO4/c1-14-6-8-16-4-2-3-5-17(16)20(14)26-21(23)22-11-10-15-7-9-18-19(12-15)25-13-24-18/h2-9,12H,10-11,13H2,1H3,(H,22,23). The van der Waals surface area contributed by atoms with Crippen molar-refractivity contribution in [2.45, 2.75) is 13.3 Å². The highest BCUT2D eigenvalue weighted by Gasteiger charge is 2.14. The Bertz CT molecular complexity index is 967. The van der Waals surface area contributed by atoms with Gasteiger partial charge in [-0.15, -0.1) is 0 Å². The van der Waals surface area contributed by atoms with Crippen LogP contribution in [0.5, 0.6) is 17.2 Å². The van der Waals surface area contributed by atoms with Crippen LogP contribution in [-0.4, -0.2) is 19.4 Å². The lowest BCUT2D eigenvalue weighted by Gasteiger charge is -2.12. The zero-order chi connectivity index (χ0) is 17.9. The lowest BCUT2D eigenvalue weighted by atomic mass is 10.1. The van der Waals surface area contributed by atoms with Gasteiger partial charge in [-0.05, 0) is 42.0 Å². The highest BCUT2D eigenvalue weighted by atomic mass is 16.7.